The fraction of sp³-hybridized carbons (Fsp3) is 1.00. The molecule has 1 atom stereocenters. The van der Waals surface area contributed by atoms with Crippen molar-refractivity contribution in [2.45, 2.75) is 31.9 Å². The van der Waals surface area contributed by atoms with Gasteiger partial charge in [-0.2, -0.15) is 11.8 Å². The zero-order valence-corrected chi connectivity index (χ0v) is 7.86. The highest BCUT2D eigenvalue weighted by Gasteiger charge is 2.12. The first-order chi connectivity index (χ1) is 5.29. The van der Waals surface area contributed by atoms with Gasteiger partial charge in [0.2, 0.25) is 0 Å². The molecular formula is C8H17NOS. The van der Waals surface area contributed by atoms with E-state index in [2.05, 4.69) is 5.32 Å². The van der Waals surface area contributed by atoms with Crippen molar-refractivity contribution in [2.24, 2.45) is 0 Å². The first-order valence-electron chi connectivity index (χ1n) is 4.28. The molecule has 0 radical (unpaired) electrons. The smallest absolute Gasteiger partial charge is 0.0636 e. The Hall–Kier alpha value is 0.270. The molecule has 1 aliphatic heterocycles. The zero-order chi connectivity index (χ0) is 8.10. The van der Waals surface area contributed by atoms with Crippen molar-refractivity contribution in [3.8, 4) is 0 Å². The highest BCUT2D eigenvalue weighted by Crippen LogP contribution is 2.16. The summed E-state index contributed by atoms with van der Waals surface area (Å²) in [5.41, 5.74) is 0. The third kappa shape index (κ3) is 3.99. The van der Waals surface area contributed by atoms with Crippen LogP contribution in [0.15, 0.2) is 0 Å². The molecule has 1 saturated heterocycles. The van der Waals surface area contributed by atoms with Crippen LogP contribution >= 0.6 is 11.8 Å². The van der Waals surface area contributed by atoms with Gasteiger partial charge >= 0.3 is 0 Å². The standard InChI is InChI=1S/C8H17NOS/c1-7(10)6-9-8-2-4-11-5-3-8/h7-10H,2-6H2,1H3/t7-/m1/s1. The van der Waals surface area contributed by atoms with Crippen molar-refractivity contribution < 1.29 is 5.11 Å². The molecule has 0 spiro atoms. The Labute approximate surface area is 72.8 Å². The van der Waals surface area contributed by atoms with E-state index in [1.54, 1.807) is 0 Å². The Morgan fingerprint density at radius 3 is 2.73 bits per heavy atom. The van der Waals surface area contributed by atoms with Crippen LogP contribution in [-0.2, 0) is 0 Å². The summed E-state index contributed by atoms with van der Waals surface area (Å²) >= 11 is 2.03. The van der Waals surface area contributed by atoms with E-state index in [9.17, 15) is 0 Å². The second-order valence-electron chi connectivity index (χ2n) is 3.14. The van der Waals surface area contributed by atoms with Crippen LogP contribution in [0.3, 0.4) is 0 Å². The third-order valence-electron chi connectivity index (χ3n) is 1.92. The van der Waals surface area contributed by atoms with Crippen LogP contribution in [0.1, 0.15) is 19.8 Å². The molecule has 0 unspecified atom stereocenters. The maximum absolute atomic E-state index is 9.02. The minimum absolute atomic E-state index is 0.204. The minimum Gasteiger partial charge on any atom is -0.392 e. The van der Waals surface area contributed by atoms with Crippen LogP contribution in [-0.4, -0.2) is 35.3 Å². The van der Waals surface area contributed by atoms with E-state index in [-0.39, 0.29) is 6.10 Å². The molecule has 0 aliphatic carbocycles. The largest absolute Gasteiger partial charge is 0.392 e. The molecule has 66 valence electrons. The molecule has 1 rings (SSSR count). The van der Waals surface area contributed by atoms with E-state index in [0.29, 0.717) is 6.04 Å². The molecule has 0 aromatic rings. The van der Waals surface area contributed by atoms with Gasteiger partial charge in [-0.3, -0.25) is 0 Å². The Balaban J connectivity index is 2.05. The highest BCUT2D eigenvalue weighted by molar-refractivity contribution is 7.99. The zero-order valence-electron chi connectivity index (χ0n) is 7.05. The monoisotopic (exact) mass is 175 g/mol. The second kappa shape index (κ2) is 5.01. The maximum atomic E-state index is 9.02. The SMILES string of the molecule is C[C@@H](O)CNC1CCSCC1. The molecule has 2 nitrogen and oxygen atoms in total. The lowest BCUT2D eigenvalue weighted by atomic mass is 10.1. The summed E-state index contributed by atoms with van der Waals surface area (Å²) in [6.45, 7) is 2.57. The third-order valence-corrected chi connectivity index (χ3v) is 2.97. The summed E-state index contributed by atoms with van der Waals surface area (Å²) in [6, 6.07) is 0.658. The number of hydrogen-bond donors (Lipinski definition) is 2. The summed E-state index contributed by atoms with van der Waals surface area (Å²) in [6.07, 6.45) is 2.32. The highest BCUT2D eigenvalue weighted by atomic mass is 32.2. The van der Waals surface area contributed by atoms with Gasteiger partial charge in [-0.1, -0.05) is 0 Å². The molecule has 0 bridgehead atoms. The Morgan fingerprint density at radius 2 is 2.18 bits per heavy atom. The number of hydrogen-bond acceptors (Lipinski definition) is 3. The molecule has 1 heterocycles. The van der Waals surface area contributed by atoms with Crippen molar-refractivity contribution >= 4 is 11.8 Å². The fourth-order valence-electron chi connectivity index (χ4n) is 1.24. The molecule has 11 heavy (non-hydrogen) atoms. The first kappa shape index (κ1) is 9.36. The van der Waals surface area contributed by atoms with Crippen LogP contribution in [0.25, 0.3) is 0 Å². The molecule has 1 fully saturated rings. The van der Waals surface area contributed by atoms with Crippen LogP contribution in [0, 0.1) is 0 Å². The number of aliphatic hydroxyl groups excluding tert-OH is 1. The van der Waals surface area contributed by atoms with Gasteiger partial charge in [-0.25, -0.2) is 0 Å². The first-order valence-corrected chi connectivity index (χ1v) is 5.43. The van der Waals surface area contributed by atoms with E-state index in [1.807, 2.05) is 18.7 Å². The summed E-state index contributed by atoms with van der Waals surface area (Å²) in [4.78, 5) is 0. The summed E-state index contributed by atoms with van der Waals surface area (Å²) < 4.78 is 0. The quantitative estimate of drug-likeness (QED) is 0.667. The molecule has 0 amide bonds. The summed E-state index contributed by atoms with van der Waals surface area (Å²) in [5, 5.41) is 12.4. The van der Waals surface area contributed by atoms with E-state index in [0.717, 1.165) is 6.54 Å². The van der Waals surface area contributed by atoms with Crippen molar-refractivity contribution in [3.63, 3.8) is 0 Å². The number of aliphatic hydroxyl groups is 1. The van der Waals surface area contributed by atoms with Crippen LogP contribution < -0.4 is 5.32 Å². The fourth-order valence-corrected chi connectivity index (χ4v) is 2.35. The molecular weight excluding hydrogens is 158 g/mol. The van der Waals surface area contributed by atoms with E-state index >= 15 is 0 Å². The predicted molar refractivity (Wildman–Crippen MR) is 50.0 cm³/mol. The summed E-state index contributed by atoms with van der Waals surface area (Å²) in [5.74, 6) is 2.55. The maximum Gasteiger partial charge on any atom is 0.0636 e. The van der Waals surface area contributed by atoms with E-state index < -0.39 is 0 Å². The lowest BCUT2D eigenvalue weighted by molar-refractivity contribution is 0.185. The lowest BCUT2D eigenvalue weighted by Crippen LogP contribution is -2.36. The molecule has 0 aromatic heterocycles. The van der Waals surface area contributed by atoms with Crippen molar-refractivity contribution in [1.82, 2.24) is 5.32 Å². The van der Waals surface area contributed by atoms with Crippen molar-refractivity contribution in [3.05, 3.63) is 0 Å². The minimum atomic E-state index is -0.204. The van der Waals surface area contributed by atoms with Crippen molar-refractivity contribution in [2.75, 3.05) is 18.1 Å². The lowest BCUT2D eigenvalue weighted by Gasteiger charge is -2.23. The Bertz CT molecular complexity index is 102. The predicted octanol–water partition coefficient (Wildman–Crippen LogP) is 0.852. The van der Waals surface area contributed by atoms with Gasteiger partial charge < -0.3 is 10.4 Å². The normalized spacial score (nSPS) is 23.5. The molecule has 3 heteroatoms. The molecule has 0 saturated carbocycles. The van der Waals surface area contributed by atoms with E-state index in [1.165, 1.54) is 24.3 Å². The average Bonchev–Trinajstić information content (AvgIpc) is 2.03. The van der Waals surface area contributed by atoms with Crippen LogP contribution in [0.4, 0.5) is 0 Å². The van der Waals surface area contributed by atoms with Crippen LogP contribution in [0.5, 0.6) is 0 Å². The van der Waals surface area contributed by atoms with Gasteiger partial charge in [0.15, 0.2) is 0 Å². The topological polar surface area (TPSA) is 32.3 Å². The van der Waals surface area contributed by atoms with Gasteiger partial charge in [0.05, 0.1) is 6.10 Å². The Morgan fingerprint density at radius 1 is 1.55 bits per heavy atom. The molecule has 0 aromatic carbocycles. The Kier molecular flexibility index (Phi) is 4.26. The number of rotatable bonds is 3. The molecule has 2 N–H and O–H groups in total. The van der Waals surface area contributed by atoms with E-state index in [4.69, 9.17) is 5.11 Å². The van der Waals surface area contributed by atoms with Gasteiger partial charge in [0.1, 0.15) is 0 Å². The molecule has 1 aliphatic rings. The average molecular weight is 175 g/mol. The number of thioether (sulfide) groups is 1. The number of nitrogens with one attached hydrogen (secondary N) is 1. The van der Waals surface area contributed by atoms with Gasteiger partial charge in [0, 0.05) is 12.6 Å². The van der Waals surface area contributed by atoms with Gasteiger partial charge in [0.25, 0.3) is 0 Å². The van der Waals surface area contributed by atoms with Crippen LogP contribution in [0.2, 0.25) is 0 Å². The second-order valence-corrected chi connectivity index (χ2v) is 4.37. The van der Waals surface area contributed by atoms with Crippen molar-refractivity contribution in [1.29, 1.82) is 0 Å². The van der Waals surface area contributed by atoms with Gasteiger partial charge in [-0.15, -0.1) is 0 Å². The van der Waals surface area contributed by atoms with Gasteiger partial charge in [-0.05, 0) is 31.3 Å². The summed E-state index contributed by atoms with van der Waals surface area (Å²) in [7, 11) is 0.